The van der Waals surface area contributed by atoms with Crippen LogP contribution in [0.3, 0.4) is 0 Å². The average molecular weight is 428 g/mol. The number of fused-ring (bicyclic) bond motifs is 3. The van der Waals surface area contributed by atoms with Crippen LogP contribution < -0.4 is 9.80 Å². The first kappa shape index (κ1) is 21.3. The molecule has 1 fully saturated rings. The SMILES string of the molecule is C=C(C)N1CCCc2cc(CCCN3CCC4(CC3)C(=C)N(C)c3ccccc34)ccc21. The molecule has 0 bridgehead atoms. The van der Waals surface area contributed by atoms with Crippen molar-refractivity contribution >= 4 is 11.4 Å². The van der Waals surface area contributed by atoms with E-state index in [1.165, 1.54) is 91.9 Å². The predicted octanol–water partition coefficient (Wildman–Crippen LogP) is 5.90. The number of para-hydroxylation sites is 1. The molecule has 3 heterocycles. The number of rotatable bonds is 5. The van der Waals surface area contributed by atoms with Crippen LogP contribution in [0.1, 0.15) is 49.3 Å². The van der Waals surface area contributed by atoms with Gasteiger partial charge in [-0.3, -0.25) is 0 Å². The molecule has 0 saturated carbocycles. The normalized spacial score (nSPS) is 19.9. The van der Waals surface area contributed by atoms with Gasteiger partial charge in [0.05, 0.1) is 0 Å². The van der Waals surface area contributed by atoms with E-state index in [2.05, 4.69) is 84.3 Å². The number of allylic oxidation sites excluding steroid dienone is 2. The number of nitrogens with zero attached hydrogens (tertiary/aromatic N) is 3. The number of anilines is 2. The van der Waals surface area contributed by atoms with Gasteiger partial charge in [-0.25, -0.2) is 0 Å². The number of hydrogen-bond acceptors (Lipinski definition) is 3. The van der Waals surface area contributed by atoms with Gasteiger partial charge in [0.1, 0.15) is 0 Å². The molecule has 0 N–H and O–H groups in total. The van der Waals surface area contributed by atoms with Crippen LogP contribution in [0.25, 0.3) is 0 Å². The van der Waals surface area contributed by atoms with E-state index in [-0.39, 0.29) is 5.41 Å². The van der Waals surface area contributed by atoms with Crippen LogP contribution in [-0.2, 0) is 18.3 Å². The van der Waals surface area contributed by atoms with Gasteiger partial charge in [-0.2, -0.15) is 0 Å². The van der Waals surface area contributed by atoms with Crippen molar-refractivity contribution in [3.63, 3.8) is 0 Å². The Morgan fingerprint density at radius 3 is 2.59 bits per heavy atom. The Morgan fingerprint density at radius 1 is 1.03 bits per heavy atom. The number of hydrogen-bond donors (Lipinski definition) is 0. The molecule has 3 aliphatic heterocycles. The minimum absolute atomic E-state index is 0.148. The van der Waals surface area contributed by atoms with E-state index in [4.69, 9.17) is 0 Å². The first-order valence-corrected chi connectivity index (χ1v) is 12.3. The molecular weight excluding hydrogens is 390 g/mol. The van der Waals surface area contributed by atoms with Crippen LogP contribution in [0.15, 0.2) is 67.0 Å². The number of benzene rings is 2. The predicted molar refractivity (Wildman–Crippen MR) is 137 cm³/mol. The third-order valence-corrected chi connectivity index (χ3v) is 8.11. The van der Waals surface area contributed by atoms with E-state index in [9.17, 15) is 0 Å². The van der Waals surface area contributed by atoms with Gasteiger partial charge in [0.15, 0.2) is 0 Å². The lowest BCUT2D eigenvalue weighted by atomic mass is 9.72. The van der Waals surface area contributed by atoms with Gasteiger partial charge in [-0.15, -0.1) is 0 Å². The van der Waals surface area contributed by atoms with Crippen LogP contribution in [0.2, 0.25) is 0 Å². The van der Waals surface area contributed by atoms with Crippen LogP contribution in [0.5, 0.6) is 0 Å². The molecule has 0 aliphatic carbocycles. The minimum atomic E-state index is 0.148. The monoisotopic (exact) mass is 427 g/mol. The Bertz CT molecular complexity index is 1030. The standard InChI is InChI=1S/C29H37N3/c1-22(2)32-18-8-10-25-21-24(13-14-27(25)32)9-7-17-31-19-15-29(16-20-31)23(3)30(4)28-12-6-5-11-26(28)29/h5-6,11-14,21H,1,3,7-10,15-20H2,2,4H3. The largest absolute Gasteiger partial charge is 0.348 e. The van der Waals surface area contributed by atoms with Crippen molar-refractivity contribution in [3.05, 3.63) is 83.7 Å². The van der Waals surface area contributed by atoms with E-state index in [1.54, 1.807) is 0 Å². The Labute approximate surface area is 194 Å². The van der Waals surface area contributed by atoms with Gasteiger partial charge in [0.2, 0.25) is 0 Å². The highest BCUT2D eigenvalue weighted by Crippen LogP contribution is 2.52. The summed E-state index contributed by atoms with van der Waals surface area (Å²) in [5, 5.41) is 0. The fourth-order valence-electron chi connectivity index (χ4n) is 6.22. The maximum atomic E-state index is 4.50. The Kier molecular flexibility index (Phi) is 5.63. The van der Waals surface area contributed by atoms with Gasteiger partial charge in [0.25, 0.3) is 0 Å². The molecule has 0 aromatic heterocycles. The maximum absolute atomic E-state index is 4.50. The zero-order valence-electron chi connectivity index (χ0n) is 19.9. The second-order valence-corrected chi connectivity index (χ2v) is 10.0. The van der Waals surface area contributed by atoms with Gasteiger partial charge in [0, 0.05) is 41.8 Å². The Hall–Kier alpha value is -2.52. The van der Waals surface area contributed by atoms with Crippen molar-refractivity contribution in [1.29, 1.82) is 0 Å². The van der Waals surface area contributed by atoms with Crippen LogP contribution in [-0.4, -0.2) is 38.1 Å². The van der Waals surface area contributed by atoms with Crippen molar-refractivity contribution in [2.75, 3.05) is 43.0 Å². The number of piperidine rings is 1. The fourth-order valence-corrected chi connectivity index (χ4v) is 6.22. The maximum Gasteiger partial charge on any atom is 0.0448 e. The van der Waals surface area contributed by atoms with E-state index in [0.29, 0.717) is 0 Å². The summed E-state index contributed by atoms with van der Waals surface area (Å²) in [4.78, 5) is 7.36. The molecule has 3 nitrogen and oxygen atoms in total. The summed E-state index contributed by atoms with van der Waals surface area (Å²) >= 11 is 0. The molecule has 2 aromatic carbocycles. The summed E-state index contributed by atoms with van der Waals surface area (Å²) in [5.41, 5.74) is 9.79. The summed E-state index contributed by atoms with van der Waals surface area (Å²) in [5.74, 6) is 0. The second kappa shape index (κ2) is 8.44. The van der Waals surface area contributed by atoms with E-state index in [0.717, 1.165) is 12.2 Å². The summed E-state index contributed by atoms with van der Waals surface area (Å²) < 4.78 is 0. The Balaban J connectivity index is 1.17. The van der Waals surface area contributed by atoms with Crippen molar-refractivity contribution in [3.8, 4) is 0 Å². The van der Waals surface area contributed by atoms with E-state index in [1.807, 2.05) is 0 Å². The number of aryl methyl sites for hydroxylation is 2. The average Bonchev–Trinajstić information content (AvgIpc) is 3.02. The lowest BCUT2D eigenvalue weighted by molar-refractivity contribution is 0.178. The number of likely N-dealkylation sites (N-methyl/N-ethyl adjacent to an activating group) is 1. The summed E-state index contributed by atoms with van der Waals surface area (Å²) in [6.45, 7) is 15.4. The van der Waals surface area contributed by atoms with Crippen LogP contribution >= 0.6 is 0 Å². The first-order valence-electron chi connectivity index (χ1n) is 12.3. The first-order chi connectivity index (χ1) is 15.5. The molecular formula is C29H37N3. The second-order valence-electron chi connectivity index (χ2n) is 10.0. The van der Waals surface area contributed by atoms with Crippen molar-refractivity contribution in [2.45, 2.75) is 50.9 Å². The highest BCUT2D eigenvalue weighted by Gasteiger charge is 2.46. The van der Waals surface area contributed by atoms with Crippen molar-refractivity contribution in [2.24, 2.45) is 0 Å². The lowest BCUT2D eigenvalue weighted by Crippen LogP contribution is -2.43. The van der Waals surface area contributed by atoms with E-state index >= 15 is 0 Å². The minimum Gasteiger partial charge on any atom is -0.348 e. The molecule has 2 aromatic rings. The fraction of sp³-hybridized carbons (Fsp3) is 0.448. The molecule has 1 saturated heterocycles. The molecule has 1 spiro atoms. The van der Waals surface area contributed by atoms with Crippen molar-refractivity contribution in [1.82, 2.24) is 4.90 Å². The molecule has 0 atom stereocenters. The zero-order chi connectivity index (χ0) is 22.3. The Morgan fingerprint density at radius 2 is 1.81 bits per heavy atom. The topological polar surface area (TPSA) is 9.72 Å². The quantitative estimate of drug-likeness (QED) is 0.588. The summed E-state index contributed by atoms with van der Waals surface area (Å²) in [6.07, 6.45) is 7.18. The van der Waals surface area contributed by atoms with Gasteiger partial charge >= 0.3 is 0 Å². The van der Waals surface area contributed by atoms with E-state index < -0.39 is 0 Å². The van der Waals surface area contributed by atoms with Crippen LogP contribution in [0.4, 0.5) is 11.4 Å². The number of likely N-dealkylation sites (tertiary alicyclic amines) is 1. The molecule has 3 heteroatoms. The molecule has 3 aliphatic rings. The third kappa shape index (κ3) is 3.57. The molecule has 5 rings (SSSR count). The third-order valence-electron chi connectivity index (χ3n) is 8.11. The van der Waals surface area contributed by atoms with Crippen molar-refractivity contribution < 1.29 is 0 Å². The smallest absolute Gasteiger partial charge is 0.0448 e. The van der Waals surface area contributed by atoms with Gasteiger partial charge < -0.3 is 14.7 Å². The molecule has 32 heavy (non-hydrogen) atoms. The summed E-state index contributed by atoms with van der Waals surface area (Å²) in [6, 6.07) is 16.0. The molecule has 0 amide bonds. The molecule has 0 unspecified atom stereocenters. The lowest BCUT2D eigenvalue weighted by Gasteiger charge is -2.41. The molecule has 0 radical (unpaired) electrons. The van der Waals surface area contributed by atoms with Crippen LogP contribution in [0, 0.1) is 0 Å². The zero-order valence-corrected chi connectivity index (χ0v) is 19.9. The van der Waals surface area contributed by atoms with Gasteiger partial charge in [-0.1, -0.05) is 43.5 Å². The highest BCUT2D eigenvalue weighted by atomic mass is 15.2. The summed E-state index contributed by atoms with van der Waals surface area (Å²) in [7, 11) is 2.18. The highest BCUT2D eigenvalue weighted by molar-refractivity contribution is 5.70. The van der Waals surface area contributed by atoms with Gasteiger partial charge in [-0.05, 0) is 93.9 Å². The molecule has 168 valence electrons.